The van der Waals surface area contributed by atoms with Crippen molar-refractivity contribution in [3.05, 3.63) is 32.4 Å². The SMILES string of the molecule is CCC(NS(=O)(=O)c1c(C)csc1CNC)c1nccs1. The average molecular weight is 346 g/mol. The Balaban J connectivity index is 2.32. The summed E-state index contributed by atoms with van der Waals surface area (Å²) < 4.78 is 28.2. The zero-order valence-electron chi connectivity index (χ0n) is 12.2. The number of sulfonamides is 1. The molecule has 116 valence electrons. The van der Waals surface area contributed by atoms with Crippen LogP contribution in [0.2, 0.25) is 0 Å². The van der Waals surface area contributed by atoms with E-state index in [-0.39, 0.29) is 6.04 Å². The number of aryl methyl sites for hydroxylation is 1. The molecule has 1 unspecified atom stereocenters. The lowest BCUT2D eigenvalue weighted by molar-refractivity contribution is 0.547. The molecule has 5 nitrogen and oxygen atoms in total. The van der Waals surface area contributed by atoms with Gasteiger partial charge in [0.05, 0.1) is 6.04 Å². The molecule has 0 amide bonds. The zero-order valence-corrected chi connectivity index (χ0v) is 14.7. The highest BCUT2D eigenvalue weighted by Gasteiger charge is 2.26. The first kappa shape index (κ1) is 16.6. The van der Waals surface area contributed by atoms with Crippen molar-refractivity contribution in [1.29, 1.82) is 0 Å². The van der Waals surface area contributed by atoms with E-state index in [4.69, 9.17) is 0 Å². The highest BCUT2D eigenvalue weighted by atomic mass is 32.2. The first-order chi connectivity index (χ1) is 9.99. The lowest BCUT2D eigenvalue weighted by Gasteiger charge is -2.16. The van der Waals surface area contributed by atoms with Crippen LogP contribution in [-0.4, -0.2) is 20.4 Å². The molecule has 0 saturated heterocycles. The van der Waals surface area contributed by atoms with Gasteiger partial charge < -0.3 is 5.32 Å². The molecule has 21 heavy (non-hydrogen) atoms. The van der Waals surface area contributed by atoms with E-state index in [1.165, 1.54) is 22.7 Å². The van der Waals surface area contributed by atoms with E-state index in [0.29, 0.717) is 17.9 Å². The van der Waals surface area contributed by atoms with E-state index < -0.39 is 10.0 Å². The van der Waals surface area contributed by atoms with Crippen LogP contribution in [0.15, 0.2) is 21.9 Å². The molecule has 0 fully saturated rings. The largest absolute Gasteiger partial charge is 0.315 e. The Bertz CT molecular complexity index is 678. The monoisotopic (exact) mass is 345 g/mol. The van der Waals surface area contributed by atoms with Gasteiger partial charge in [0, 0.05) is 23.0 Å². The lowest BCUT2D eigenvalue weighted by atomic mass is 10.3. The molecule has 0 radical (unpaired) electrons. The van der Waals surface area contributed by atoms with Crippen LogP contribution in [0.25, 0.3) is 0 Å². The summed E-state index contributed by atoms with van der Waals surface area (Å²) in [6.07, 6.45) is 2.36. The Kier molecular flexibility index (Phi) is 5.50. The molecule has 2 heterocycles. The summed E-state index contributed by atoms with van der Waals surface area (Å²) in [4.78, 5) is 5.45. The van der Waals surface area contributed by atoms with Gasteiger partial charge in [-0.1, -0.05) is 6.92 Å². The highest BCUT2D eigenvalue weighted by Crippen LogP contribution is 2.29. The van der Waals surface area contributed by atoms with Crippen LogP contribution in [0, 0.1) is 6.92 Å². The Morgan fingerprint density at radius 3 is 2.71 bits per heavy atom. The summed E-state index contributed by atoms with van der Waals surface area (Å²) in [5, 5.41) is 7.54. The van der Waals surface area contributed by atoms with Crippen molar-refractivity contribution in [2.45, 2.75) is 37.8 Å². The van der Waals surface area contributed by atoms with Gasteiger partial charge in [-0.3, -0.25) is 0 Å². The van der Waals surface area contributed by atoms with Gasteiger partial charge in [-0.25, -0.2) is 18.1 Å². The van der Waals surface area contributed by atoms with Crippen LogP contribution in [0.1, 0.15) is 34.8 Å². The molecular formula is C13H19N3O2S3. The number of nitrogens with zero attached hydrogens (tertiary/aromatic N) is 1. The number of hydrogen-bond donors (Lipinski definition) is 2. The molecule has 0 saturated carbocycles. The third kappa shape index (κ3) is 3.70. The van der Waals surface area contributed by atoms with E-state index in [1.54, 1.807) is 6.20 Å². The fraction of sp³-hybridized carbons (Fsp3) is 0.462. The standard InChI is InChI=1S/C13H19N3O2S3/c1-4-10(13-15-5-6-19-13)16-21(17,18)12-9(2)8-20-11(12)7-14-3/h5-6,8,10,14,16H,4,7H2,1-3H3. The van der Waals surface area contributed by atoms with Crippen LogP contribution in [0.5, 0.6) is 0 Å². The van der Waals surface area contributed by atoms with Gasteiger partial charge in [-0.15, -0.1) is 22.7 Å². The minimum absolute atomic E-state index is 0.281. The number of hydrogen-bond acceptors (Lipinski definition) is 6. The van der Waals surface area contributed by atoms with E-state index in [0.717, 1.165) is 15.4 Å². The molecule has 1 atom stereocenters. The Labute approximate surface area is 133 Å². The van der Waals surface area contributed by atoms with Crippen molar-refractivity contribution in [1.82, 2.24) is 15.0 Å². The van der Waals surface area contributed by atoms with Crippen molar-refractivity contribution in [2.24, 2.45) is 0 Å². The average Bonchev–Trinajstić information content (AvgIpc) is 3.07. The molecule has 2 N–H and O–H groups in total. The predicted octanol–water partition coefficient (Wildman–Crippen LogP) is 2.66. The maximum Gasteiger partial charge on any atom is 0.242 e. The lowest BCUT2D eigenvalue weighted by Crippen LogP contribution is -2.29. The second kappa shape index (κ2) is 6.97. The van der Waals surface area contributed by atoms with Crippen molar-refractivity contribution < 1.29 is 8.42 Å². The number of thiazole rings is 1. The van der Waals surface area contributed by atoms with Gasteiger partial charge in [0.15, 0.2) is 0 Å². The molecule has 0 aliphatic rings. The third-order valence-electron chi connectivity index (χ3n) is 3.05. The van der Waals surface area contributed by atoms with Gasteiger partial charge in [0.1, 0.15) is 9.90 Å². The fourth-order valence-corrected chi connectivity index (χ4v) is 6.05. The summed E-state index contributed by atoms with van der Waals surface area (Å²) in [5.41, 5.74) is 0.784. The summed E-state index contributed by atoms with van der Waals surface area (Å²) in [6.45, 7) is 4.32. The molecule has 2 rings (SSSR count). The van der Waals surface area contributed by atoms with Gasteiger partial charge in [0.25, 0.3) is 0 Å². The number of aromatic nitrogens is 1. The summed E-state index contributed by atoms with van der Waals surface area (Å²) in [7, 11) is -1.74. The normalized spacial score (nSPS) is 13.5. The molecule has 0 bridgehead atoms. The Morgan fingerprint density at radius 1 is 1.38 bits per heavy atom. The maximum absolute atomic E-state index is 12.7. The minimum atomic E-state index is -3.55. The highest BCUT2D eigenvalue weighted by molar-refractivity contribution is 7.89. The summed E-state index contributed by atoms with van der Waals surface area (Å²) in [5.74, 6) is 0. The third-order valence-corrected chi connectivity index (χ3v) is 6.87. The first-order valence-electron chi connectivity index (χ1n) is 6.62. The Morgan fingerprint density at radius 2 is 2.14 bits per heavy atom. The van der Waals surface area contributed by atoms with Crippen LogP contribution in [0.4, 0.5) is 0 Å². The number of rotatable bonds is 7. The van der Waals surface area contributed by atoms with Gasteiger partial charge in [-0.05, 0) is 31.3 Å². The molecule has 8 heteroatoms. The molecular weight excluding hydrogens is 326 g/mol. The first-order valence-corrected chi connectivity index (χ1v) is 9.87. The van der Waals surface area contributed by atoms with Gasteiger partial charge in [-0.2, -0.15) is 0 Å². The van der Waals surface area contributed by atoms with Gasteiger partial charge >= 0.3 is 0 Å². The predicted molar refractivity (Wildman–Crippen MR) is 87.3 cm³/mol. The molecule has 2 aromatic rings. The molecule has 0 aliphatic heterocycles. The second-order valence-electron chi connectivity index (χ2n) is 4.65. The van der Waals surface area contributed by atoms with Crippen LogP contribution in [0.3, 0.4) is 0 Å². The second-order valence-corrected chi connectivity index (χ2v) is 8.19. The van der Waals surface area contributed by atoms with Crippen molar-refractivity contribution in [3.8, 4) is 0 Å². The molecule has 0 aromatic carbocycles. The molecule has 2 aromatic heterocycles. The van der Waals surface area contributed by atoms with E-state index in [1.807, 2.05) is 31.7 Å². The maximum atomic E-state index is 12.7. The fourth-order valence-electron chi connectivity index (χ4n) is 2.09. The zero-order chi connectivity index (χ0) is 15.5. The number of thiophene rings is 1. The molecule has 0 aliphatic carbocycles. The molecule has 0 spiro atoms. The minimum Gasteiger partial charge on any atom is -0.315 e. The van der Waals surface area contributed by atoms with Crippen LogP contribution in [-0.2, 0) is 16.6 Å². The topological polar surface area (TPSA) is 71.1 Å². The van der Waals surface area contributed by atoms with E-state index in [2.05, 4.69) is 15.0 Å². The van der Waals surface area contributed by atoms with Crippen LogP contribution >= 0.6 is 22.7 Å². The van der Waals surface area contributed by atoms with Crippen LogP contribution < -0.4 is 10.0 Å². The van der Waals surface area contributed by atoms with Crippen molar-refractivity contribution >= 4 is 32.7 Å². The van der Waals surface area contributed by atoms with Crippen molar-refractivity contribution in [2.75, 3.05) is 7.05 Å². The smallest absolute Gasteiger partial charge is 0.242 e. The van der Waals surface area contributed by atoms with E-state index in [9.17, 15) is 8.42 Å². The van der Waals surface area contributed by atoms with E-state index >= 15 is 0 Å². The number of nitrogens with one attached hydrogen (secondary N) is 2. The summed E-state index contributed by atoms with van der Waals surface area (Å²) >= 11 is 2.93. The quantitative estimate of drug-likeness (QED) is 0.809. The Hall–Kier alpha value is -0.800. The summed E-state index contributed by atoms with van der Waals surface area (Å²) in [6, 6.07) is -0.281. The van der Waals surface area contributed by atoms with Crippen molar-refractivity contribution in [3.63, 3.8) is 0 Å². The van der Waals surface area contributed by atoms with Gasteiger partial charge in [0.2, 0.25) is 10.0 Å².